The molecule has 2 rings (SSSR count). The standard InChI is InChI=1S/C14H18N2O3S/c1-3-18-8-5-7-15-14(17)12-10(2)16-19-13(12)11-6-4-9-20-11/h4,6,9H,3,5,7-8H2,1-2H3,(H,15,17). The number of nitrogens with zero attached hydrogens (tertiary/aromatic N) is 1. The van der Waals surface area contributed by atoms with E-state index in [4.69, 9.17) is 9.26 Å². The van der Waals surface area contributed by atoms with Gasteiger partial charge < -0.3 is 14.6 Å². The number of hydrogen-bond acceptors (Lipinski definition) is 5. The first-order chi connectivity index (χ1) is 9.74. The molecule has 0 aromatic carbocycles. The Balaban J connectivity index is 2.01. The third-order valence-electron chi connectivity index (χ3n) is 2.79. The van der Waals surface area contributed by atoms with Gasteiger partial charge >= 0.3 is 0 Å². The number of hydrogen-bond donors (Lipinski definition) is 1. The molecule has 0 aliphatic heterocycles. The fourth-order valence-electron chi connectivity index (χ4n) is 1.82. The highest BCUT2D eigenvalue weighted by Gasteiger charge is 2.21. The molecule has 0 saturated carbocycles. The van der Waals surface area contributed by atoms with Crippen LogP contribution in [0.5, 0.6) is 0 Å². The predicted octanol–water partition coefficient (Wildman–Crippen LogP) is 2.87. The maximum Gasteiger partial charge on any atom is 0.257 e. The highest BCUT2D eigenvalue weighted by atomic mass is 32.1. The van der Waals surface area contributed by atoms with E-state index < -0.39 is 0 Å². The molecule has 20 heavy (non-hydrogen) atoms. The first-order valence-electron chi connectivity index (χ1n) is 6.60. The van der Waals surface area contributed by atoms with E-state index in [1.165, 1.54) is 11.3 Å². The van der Waals surface area contributed by atoms with Crippen molar-refractivity contribution in [1.29, 1.82) is 0 Å². The summed E-state index contributed by atoms with van der Waals surface area (Å²) >= 11 is 1.52. The van der Waals surface area contributed by atoms with E-state index in [0.29, 0.717) is 36.8 Å². The van der Waals surface area contributed by atoms with Gasteiger partial charge in [-0.15, -0.1) is 11.3 Å². The zero-order chi connectivity index (χ0) is 14.4. The second kappa shape index (κ2) is 7.21. The summed E-state index contributed by atoms with van der Waals surface area (Å²) in [4.78, 5) is 13.1. The number of nitrogens with one attached hydrogen (secondary N) is 1. The van der Waals surface area contributed by atoms with Gasteiger partial charge in [0, 0.05) is 19.8 Å². The van der Waals surface area contributed by atoms with Gasteiger partial charge in [-0.3, -0.25) is 4.79 Å². The summed E-state index contributed by atoms with van der Waals surface area (Å²) in [7, 11) is 0. The Labute approximate surface area is 121 Å². The van der Waals surface area contributed by atoms with Crippen LogP contribution in [0.3, 0.4) is 0 Å². The van der Waals surface area contributed by atoms with E-state index >= 15 is 0 Å². The first-order valence-corrected chi connectivity index (χ1v) is 7.48. The van der Waals surface area contributed by atoms with E-state index in [0.717, 1.165) is 11.3 Å². The quantitative estimate of drug-likeness (QED) is 0.797. The molecular weight excluding hydrogens is 276 g/mol. The first kappa shape index (κ1) is 14.7. The Hall–Kier alpha value is -1.66. The summed E-state index contributed by atoms with van der Waals surface area (Å²) in [5.41, 5.74) is 1.12. The molecule has 0 aliphatic rings. The molecule has 1 amide bonds. The maximum absolute atomic E-state index is 12.2. The second-order valence-electron chi connectivity index (χ2n) is 4.26. The molecule has 1 N–H and O–H groups in total. The van der Waals surface area contributed by atoms with Crippen LogP contribution in [-0.4, -0.2) is 30.8 Å². The zero-order valence-electron chi connectivity index (χ0n) is 11.6. The van der Waals surface area contributed by atoms with Crippen LogP contribution in [0.1, 0.15) is 29.4 Å². The number of carbonyl (C=O) groups is 1. The molecule has 108 valence electrons. The van der Waals surface area contributed by atoms with E-state index in [2.05, 4.69) is 10.5 Å². The van der Waals surface area contributed by atoms with E-state index in [-0.39, 0.29) is 5.91 Å². The number of thiophene rings is 1. The smallest absolute Gasteiger partial charge is 0.257 e. The number of rotatable bonds is 7. The second-order valence-corrected chi connectivity index (χ2v) is 5.20. The lowest BCUT2D eigenvalue weighted by Crippen LogP contribution is -2.26. The third kappa shape index (κ3) is 3.46. The normalized spacial score (nSPS) is 10.7. The van der Waals surface area contributed by atoms with Gasteiger partial charge in [0.25, 0.3) is 5.91 Å². The van der Waals surface area contributed by atoms with Crippen molar-refractivity contribution >= 4 is 17.2 Å². The Morgan fingerprint density at radius 3 is 3.10 bits per heavy atom. The van der Waals surface area contributed by atoms with Gasteiger partial charge in [0.1, 0.15) is 5.56 Å². The molecule has 0 bridgehead atoms. The third-order valence-corrected chi connectivity index (χ3v) is 3.66. The van der Waals surface area contributed by atoms with Crippen molar-refractivity contribution in [3.63, 3.8) is 0 Å². The lowest BCUT2D eigenvalue weighted by molar-refractivity contribution is 0.0944. The molecule has 2 aromatic heterocycles. The van der Waals surface area contributed by atoms with Crippen LogP contribution in [0.4, 0.5) is 0 Å². The van der Waals surface area contributed by atoms with Crippen LogP contribution in [0.15, 0.2) is 22.0 Å². The summed E-state index contributed by atoms with van der Waals surface area (Å²) in [6.45, 7) is 5.65. The minimum absolute atomic E-state index is 0.149. The summed E-state index contributed by atoms with van der Waals surface area (Å²) in [5.74, 6) is 0.392. The topological polar surface area (TPSA) is 64.4 Å². The van der Waals surface area contributed by atoms with Crippen molar-refractivity contribution < 1.29 is 14.1 Å². The van der Waals surface area contributed by atoms with Gasteiger partial charge in [-0.2, -0.15) is 0 Å². The number of ether oxygens (including phenoxy) is 1. The van der Waals surface area contributed by atoms with Crippen molar-refractivity contribution in [2.45, 2.75) is 20.3 Å². The van der Waals surface area contributed by atoms with Gasteiger partial charge in [-0.25, -0.2) is 0 Å². The zero-order valence-corrected chi connectivity index (χ0v) is 12.5. The largest absolute Gasteiger partial charge is 0.382 e. The number of aryl methyl sites for hydroxylation is 1. The lowest BCUT2D eigenvalue weighted by atomic mass is 10.1. The van der Waals surface area contributed by atoms with Crippen LogP contribution in [0, 0.1) is 6.92 Å². The molecule has 0 radical (unpaired) electrons. The van der Waals surface area contributed by atoms with Crippen molar-refractivity contribution in [2.75, 3.05) is 19.8 Å². The molecule has 6 heteroatoms. The number of carbonyl (C=O) groups excluding carboxylic acids is 1. The molecule has 0 unspecified atom stereocenters. The minimum Gasteiger partial charge on any atom is -0.382 e. The lowest BCUT2D eigenvalue weighted by Gasteiger charge is -2.05. The molecule has 2 aromatic rings. The van der Waals surface area contributed by atoms with Crippen molar-refractivity contribution in [3.05, 3.63) is 28.8 Å². The van der Waals surface area contributed by atoms with Crippen LogP contribution in [0.2, 0.25) is 0 Å². The molecular formula is C14H18N2O3S. The summed E-state index contributed by atoms with van der Waals surface area (Å²) in [6, 6.07) is 3.83. The van der Waals surface area contributed by atoms with Crippen LogP contribution in [0.25, 0.3) is 10.6 Å². The van der Waals surface area contributed by atoms with Crippen LogP contribution < -0.4 is 5.32 Å². The van der Waals surface area contributed by atoms with Gasteiger partial charge in [-0.05, 0) is 31.7 Å². The van der Waals surface area contributed by atoms with Gasteiger partial charge in [-0.1, -0.05) is 11.2 Å². The summed E-state index contributed by atoms with van der Waals surface area (Å²) in [5, 5.41) is 8.71. The van der Waals surface area contributed by atoms with E-state index in [9.17, 15) is 4.79 Å². The van der Waals surface area contributed by atoms with E-state index in [1.54, 1.807) is 6.92 Å². The molecule has 0 aliphatic carbocycles. The molecule has 0 saturated heterocycles. The minimum atomic E-state index is -0.149. The van der Waals surface area contributed by atoms with Gasteiger partial charge in [0.2, 0.25) is 0 Å². The fourth-order valence-corrected chi connectivity index (χ4v) is 2.53. The van der Waals surface area contributed by atoms with Crippen molar-refractivity contribution in [1.82, 2.24) is 10.5 Å². The predicted molar refractivity (Wildman–Crippen MR) is 78.0 cm³/mol. The van der Waals surface area contributed by atoms with Gasteiger partial charge in [0.05, 0.1) is 10.6 Å². The van der Waals surface area contributed by atoms with Crippen LogP contribution in [-0.2, 0) is 4.74 Å². The van der Waals surface area contributed by atoms with Crippen molar-refractivity contribution in [2.24, 2.45) is 0 Å². The monoisotopic (exact) mass is 294 g/mol. The SMILES string of the molecule is CCOCCCNC(=O)c1c(C)noc1-c1cccs1. The van der Waals surface area contributed by atoms with E-state index in [1.807, 2.05) is 24.4 Å². The average molecular weight is 294 g/mol. The molecule has 0 atom stereocenters. The fraction of sp³-hybridized carbons (Fsp3) is 0.429. The number of amides is 1. The average Bonchev–Trinajstić information content (AvgIpc) is 3.07. The summed E-state index contributed by atoms with van der Waals surface area (Å²) < 4.78 is 10.5. The Kier molecular flexibility index (Phi) is 5.31. The van der Waals surface area contributed by atoms with Crippen LogP contribution >= 0.6 is 11.3 Å². The Morgan fingerprint density at radius 2 is 2.40 bits per heavy atom. The highest BCUT2D eigenvalue weighted by molar-refractivity contribution is 7.13. The maximum atomic E-state index is 12.2. The molecule has 0 fully saturated rings. The Morgan fingerprint density at radius 1 is 1.55 bits per heavy atom. The van der Waals surface area contributed by atoms with Crippen molar-refractivity contribution in [3.8, 4) is 10.6 Å². The molecule has 2 heterocycles. The molecule has 0 spiro atoms. The Bertz CT molecular complexity index is 549. The number of aromatic nitrogens is 1. The highest BCUT2D eigenvalue weighted by Crippen LogP contribution is 2.29. The molecule has 5 nitrogen and oxygen atoms in total. The van der Waals surface area contributed by atoms with Gasteiger partial charge in [0.15, 0.2) is 5.76 Å². The summed E-state index contributed by atoms with van der Waals surface area (Å²) in [6.07, 6.45) is 0.790.